The second kappa shape index (κ2) is 60.9. The fourth-order valence-electron chi connectivity index (χ4n) is 9.19. The van der Waals surface area contributed by atoms with Crippen molar-refractivity contribution in [1.82, 2.24) is 0 Å². The maximum Gasteiger partial charge on any atom is 0.306 e. The van der Waals surface area contributed by atoms with Crippen LogP contribution in [0.3, 0.4) is 0 Å². The Hall–Kier alpha value is -2.40. The Morgan fingerprint density at radius 3 is 0.943 bits per heavy atom. The molecule has 1 atom stereocenters. The third kappa shape index (κ3) is 58.2. The van der Waals surface area contributed by atoms with Gasteiger partial charge in [0.25, 0.3) is 0 Å². The minimum Gasteiger partial charge on any atom is -0.462 e. The van der Waals surface area contributed by atoms with Crippen molar-refractivity contribution in [2.24, 2.45) is 0 Å². The van der Waals surface area contributed by atoms with Gasteiger partial charge in [0.05, 0.1) is 6.61 Å². The number of esters is 2. The molecule has 0 saturated carbocycles. The van der Waals surface area contributed by atoms with Gasteiger partial charge >= 0.3 is 11.9 Å². The first kappa shape index (κ1) is 67.6. The molecule has 0 spiro atoms. The summed E-state index contributed by atoms with van der Waals surface area (Å²) in [5.41, 5.74) is 0. The van der Waals surface area contributed by atoms with E-state index in [-0.39, 0.29) is 25.2 Å². The van der Waals surface area contributed by atoms with Crippen molar-refractivity contribution >= 4 is 11.9 Å². The number of aliphatic hydroxyl groups is 1. The summed E-state index contributed by atoms with van der Waals surface area (Å²) in [4.78, 5) is 24.6. The van der Waals surface area contributed by atoms with Gasteiger partial charge in [-0.3, -0.25) is 9.59 Å². The Labute approximate surface area is 436 Å². The van der Waals surface area contributed by atoms with Crippen molar-refractivity contribution < 1.29 is 24.2 Å². The topological polar surface area (TPSA) is 72.8 Å². The third-order valence-electron chi connectivity index (χ3n) is 13.8. The highest BCUT2D eigenvalue weighted by Crippen LogP contribution is 2.17. The molecule has 1 unspecified atom stereocenters. The van der Waals surface area contributed by atoms with E-state index in [1.54, 1.807) is 0 Å². The number of aliphatic hydroxyl groups excluding tert-OH is 1. The maximum atomic E-state index is 12.3. The minimum absolute atomic E-state index is 0.0628. The first-order chi connectivity index (χ1) is 34.6. The van der Waals surface area contributed by atoms with Crippen LogP contribution in [0.5, 0.6) is 0 Å². The lowest BCUT2D eigenvalue weighted by Crippen LogP contribution is -2.28. The lowest BCUT2D eigenvalue weighted by atomic mass is 10.0. The molecule has 5 nitrogen and oxygen atoms in total. The number of ether oxygens (including phenoxy) is 2. The minimum atomic E-state index is -0.772. The smallest absolute Gasteiger partial charge is 0.306 e. The average Bonchev–Trinajstić information content (AvgIpc) is 3.36. The molecular weight excluding hydrogens is 861 g/mol. The average molecular weight is 980 g/mol. The molecule has 1 N–H and O–H groups in total. The SMILES string of the molecule is CC/C=C\C/C=C\C/C=C\C/C=C\CCCCCCCCCCCCCCCCCCCCCCC(=O)OC(CO)COC(=O)CCCCCCCCCCCCC/C=C\CCCCCCCCCC. The van der Waals surface area contributed by atoms with Gasteiger partial charge < -0.3 is 14.6 Å². The highest BCUT2D eigenvalue weighted by molar-refractivity contribution is 5.70. The van der Waals surface area contributed by atoms with E-state index >= 15 is 0 Å². The first-order valence-electron chi connectivity index (χ1n) is 30.8. The van der Waals surface area contributed by atoms with Crippen molar-refractivity contribution in [3.63, 3.8) is 0 Å². The maximum absolute atomic E-state index is 12.3. The fraction of sp³-hybridized carbons (Fsp3) is 0.815. The van der Waals surface area contributed by atoms with E-state index in [0.29, 0.717) is 12.8 Å². The van der Waals surface area contributed by atoms with Gasteiger partial charge in [0, 0.05) is 12.8 Å². The standard InChI is InChI=1S/C65H118O5/c1-3-5-7-9-11-13-15-17-19-21-23-25-27-28-29-30-31-32-33-34-35-36-38-40-42-44-46-48-50-52-54-56-58-60-65(68)70-63(61-66)62-69-64(67)59-57-55-53-51-49-47-45-43-41-39-37-26-24-22-20-18-16-14-12-10-8-6-4-2/h5,7,11,13,17,19,22-25,63,66H,3-4,6,8-10,12,14-16,18,20-21,26-62H2,1-2H3/b7-5-,13-11-,19-17-,24-22-,25-23-. The zero-order valence-corrected chi connectivity index (χ0v) is 46.8. The van der Waals surface area contributed by atoms with E-state index in [2.05, 4.69) is 74.6 Å². The number of carbonyl (C=O) groups is 2. The fourth-order valence-corrected chi connectivity index (χ4v) is 9.19. The Morgan fingerprint density at radius 2 is 0.614 bits per heavy atom. The third-order valence-corrected chi connectivity index (χ3v) is 13.8. The molecule has 0 aliphatic rings. The molecule has 0 aromatic rings. The highest BCUT2D eigenvalue weighted by Gasteiger charge is 2.16. The molecule has 0 aliphatic carbocycles. The number of rotatable bonds is 57. The Morgan fingerprint density at radius 1 is 0.343 bits per heavy atom. The molecule has 408 valence electrons. The van der Waals surface area contributed by atoms with Crippen LogP contribution in [0.2, 0.25) is 0 Å². The van der Waals surface area contributed by atoms with Crippen molar-refractivity contribution in [3.05, 3.63) is 60.8 Å². The molecular formula is C65H118O5. The van der Waals surface area contributed by atoms with Gasteiger partial charge in [-0.2, -0.15) is 0 Å². The van der Waals surface area contributed by atoms with E-state index in [4.69, 9.17) is 9.47 Å². The van der Waals surface area contributed by atoms with Crippen LogP contribution in [0.1, 0.15) is 322 Å². The molecule has 5 heteroatoms. The van der Waals surface area contributed by atoms with Crippen LogP contribution < -0.4 is 0 Å². The molecule has 0 bridgehead atoms. The summed E-state index contributed by atoms with van der Waals surface area (Å²) >= 11 is 0. The van der Waals surface area contributed by atoms with E-state index in [9.17, 15) is 14.7 Å². The first-order valence-corrected chi connectivity index (χ1v) is 30.8. The molecule has 0 aromatic carbocycles. The zero-order chi connectivity index (χ0) is 50.6. The summed E-state index contributed by atoms with van der Waals surface area (Å²) in [5, 5.41) is 9.67. The monoisotopic (exact) mass is 979 g/mol. The van der Waals surface area contributed by atoms with Gasteiger partial charge in [0.1, 0.15) is 6.61 Å². The van der Waals surface area contributed by atoms with Crippen molar-refractivity contribution in [2.75, 3.05) is 13.2 Å². The largest absolute Gasteiger partial charge is 0.462 e. The summed E-state index contributed by atoms with van der Waals surface area (Å²) in [5.74, 6) is -0.575. The Kier molecular flexibility index (Phi) is 58.8. The van der Waals surface area contributed by atoms with Gasteiger partial charge in [-0.25, -0.2) is 0 Å². The van der Waals surface area contributed by atoms with Crippen LogP contribution in [-0.2, 0) is 19.1 Å². The molecule has 0 amide bonds. The quantitative estimate of drug-likeness (QED) is 0.0373. The molecule has 0 fully saturated rings. The molecule has 0 heterocycles. The van der Waals surface area contributed by atoms with E-state index in [1.807, 2.05) is 0 Å². The predicted molar refractivity (Wildman–Crippen MR) is 307 cm³/mol. The van der Waals surface area contributed by atoms with Gasteiger partial charge in [0.2, 0.25) is 0 Å². The Bertz CT molecular complexity index is 1200. The number of allylic oxidation sites excluding steroid dienone is 10. The summed E-state index contributed by atoms with van der Waals surface area (Å²) in [6, 6.07) is 0. The number of hydrogen-bond acceptors (Lipinski definition) is 5. The van der Waals surface area contributed by atoms with Crippen LogP contribution in [0.25, 0.3) is 0 Å². The van der Waals surface area contributed by atoms with Crippen LogP contribution >= 0.6 is 0 Å². The molecule has 0 aromatic heterocycles. The van der Waals surface area contributed by atoms with E-state index in [1.165, 1.54) is 231 Å². The zero-order valence-electron chi connectivity index (χ0n) is 46.8. The molecule has 0 radical (unpaired) electrons. The van der Waals surface area contributed by atoms with Crippen LogP contribution in [-0.4, -0.2) is 36.4 Å². The van der Waals surface area contributed by atoms with E-state index in [0.717, 1.165) is 64.2 Å². The highest BCUT2D eigenvalue weighted by atomic mass is 16.6. The van der Waals surface area contributed by atoms with Gasteiger partial charge in [0.15, 0.2) is 6.10 Å². The molecule has 0 saturated heterocycles. The van der Waals surface area contributed by atoms with Crippen LogP contribution in [0.15, 0.2) is 60.8 Å². The lowest BCUT2D eigenvalue weighted by molar-refractivity contribution is -0.161. The Balaban J connectivity index is 3.43. The van der Waals surface area contributed by atoms with Gasteiger partial charge in [-0.15, -0.1) is 0 Å². The number of unbranched alkanes of at least 4 members (excludes halogenated alkanes) is 39. The predicted octanol–water partition coefficient (Wildman–Crippen LogP) is 21.0. The normalized spacial score (nSPS) is 12.6. The van der Waals surface area contributed by atoms with Crippen LogP contribution in [0.4, 0.5) is 0 Å². The van der Waals surface area contributed by atoms with E-state index < -0.39 is 6.10 Å². The van der Waals surface area contributed by atoms with Gasteiger partial charge in [-0.05, 0) is 77.0 Å². The van der Waals surface area contributed by atoms with Crippen LogP contribution in [0, 0.1) is 0 Å². The van der Waals surface area contributed by atoms with Crippen molar-refractivity contribution in [1.29, 1.82) is 0 Å². The lowest BCUT2D eigenvalue weighted by Gasteiger charge is -2.15. The summed E-state index contributed by atoms with van der Waals surface area (Å²) < 4.78 is 10.7. The molecule has 70 heavy (non-hydrogen) atoms. The van der Waals surface area contributed by atoms with Crippen molar-refractivity contribution in [2.45, 2.75) is 328 Å². The summed E-state index contributed by atoms with van der Waals surface area (Å²) in [6.45, 7) is 4.07. The summed E-state index contributed by atoms with van der Waals surface area (Å²) in [6.07, 6.45) is 82.2. The second-order valence-electron chi connectivity index (χ2n) is 20.8. The molecule has 0 aliphatic heterocycles. The van der Waals surface area contributed by atoms with Gasteiger partial charge in [-0.1, -0.05) is 293 Å². The number of hydrogen-bond donors (Lipinski definition) is 1. The van der Waals surface area contributed by atoms with Crippen molar-refractivity contribution in [3.8, 4) is 0 Å². The molecule has 0 rings (SSSR count). The number of carbonyl (C=O) groups excluding carboxylic acids is 2. The second-order valence-corrected chi connectivity index (χ2v) is 20.8. The summed E-state index contributed by atoms with van der Waals surface area (Å²) in [7, 11) is 0.